The molecule has 5 fully saturated rings. The maximum absolute atomic E-state index is 13.0. The molecule has 0 radical (unpaired) electrons. The van der Waals surface area contributed by atoms with Crippen molar-refractivity contribution in [3.8, 4) is 5.75 Å². The maximum atomic E-state index is 13.0. The summed E-state index contributed by atoms with van der Waals surface area (Å²) < 4.78 is 38.4. The van der Waals surface area contributed by atoms with Crippen molar-refractivity contribution >= 4 is 27.6 Å². The Morgan fingerprint density at radius 1 is 1.03 bits per heavy atom. The van der Waals surface area contributed by atoms with Gasteiger partial charge < -0.3 is 14.8 Å². The molecule has 1 aromatic carbocycles. The van der Waals surface area contributed by atoms with Gasteiger partial charge in [-0.1, -0.05) is 6.42 Å². The molecule has 4 saturated carbocycles. The first-order valence-electron chi connectivity index (χ1n) is 12.4. The number of sulfonamides is 1. The number of hydrogen-bond donors (Lipinski definition) is 1. The van der Waals surface area contributed by atoms with E-state index in [0.29, 0.717) is 36.6 Å². The first-order chi connectivity index (χ1) is 16.3. The van der Waals surface area contributed by atoms with E-state index >= 15 is 0 Å². The second-order valence-electron chi connectivity index (χ2n) is 10.6. The minimum atomic E-state index is -3.66. The zero-order chi connectivity index (χ0) is 23.9. The van der Waals surface area contributed by atoms with Gasteiger partial charge in [0.2, 0.25) is 10.0 Å². The number of anilines is 1. The van der Waals surface area contributed by atoms with Gasteiger partial charge in [0.25, 0.3) is 5.91 Å². The molecule has 1 saturated heterocycles. The first kappa shape index (κ1) is 23.6. The highest BCUT2D eigenvalue weighted by Gasteiger charge is 2.55. The summed E-state index contributed by atoms with van der Waals surface area (Å²) in [6.45, 7) is 0.597. The van der Waals surface area contributed by atoms with E-state index < -0.39 is 28.0 Å². The van der Waals surface area contributed by atoms with E-state index in [0.717, 1.165) is 38.5 Å². The zero-order valence-electron chi connectivity index (χ0n) is 19.8. The molecule has 1 heterocycles. The van der Waals surface area contributed by atoms with E-state index in [-0.39, 0.29) is 16.6 Å². The molecule has 186 valence electrons. The molecular weight excluding hydrogens is 456 g/mol. The molecule has 9 heteroatoms. The fourth-order valence-corrected chi connectivity index (χ4v) is 8.57. The number of nitrogens with one attached hydrogen (secondary N) is 1. The van der Waals surface area contributed by atoms with Gasteiger partial charge in [0.1, 0.15) is 5.75 Å². The van der Waals surface area contributed by atoms with Gasteiger partial charge in [0, 0.05) is 13.1 Å². The molecular formula is C25H34N2O6S. The normalized spacial score (nSPS) is 30.7. The molecule has 4 bridgehead atoms. The van der Waals surface area contributed by atoms with Crippen molar-refractivity contribution in [2.24, 2.45) is 23.2 Å². The molecule has 1 N–H and O–H groups in total. The first-order valence-corrected chi connectivity index (χ1v) is 13.9. The second-order valence-corrected chi connectivity index (χ2v) is 12.6. The van der Waals surface area contributed by atoms with Crippen molar-refractivity contribution in [3.05, 3.63) is 18.2 Å². The molecule has 0 atom stereocenters. The van der Waals surface area contributed by atoms with Crippen molar-refractivity contribution in [1.29, 1.82) is 0 Å². The van der Waals surface area contributed by atoms with Crippen LogP contribution in [-0.4, -0.2) is 51.4 Å². The van der Waals surface area contributed by atoms with Crippen LogP contribution in [0.3, 0.4) is 0 Å². The summed E-state index contributed by atoms with van der Waals surface area (Å²) >= 11 is 0. The third-order valence-corrected chi connectivity index (χ3v) is 10.1. The molecule has 1 amide bonds. The zero-order valence-corrected chi connectivity index (χ0v) is 20.6. The summed E-state index contributed by atoms with van der Waals surface area (Å²) in [6, 6.07) is 4.45. The monoisotopic (exact) mass is 490 g/mol. The van der Waals surface area contributed by atoms with Gasteiger partial charge in [-0.3, -0.25) is 9.59 Å². The highest BCUT2D eigenvalue weighted by Crippen LogP contribution is 2.60. The average molecular weight is 491 g/mol. The predicted octanol–water partition coefficient (Wildman–Crippen LogP) is 3.57. The van der Waals surface area contributed by atoms with E-state index in [2.05, 4.69) is 5.32 Å². The fraction of sp³-hybridized carbons (Fsp3) is 0.680. The quantitative estimate of drug-likeness (QED) is 0.587. The lowest BCUT2D eigenvalue weighted by molar-refractivity contribution is -0.172. The number of amides is 1. The van der Waals surface area contributed by atoms with E-state index in [1.165, 1.54) is 48.9 Å². The number of carbonyl (C=O) groups excluding carboxylic acids is 2. The highest BCUT2D eigenvalue weighted by molar-refractivity contribution is 7.89. The fourth-order valence-electron chi connectivity index (χ4n) is 7.03. The van der Waals surface area contributed by atoms with Crippen molar-refractivity contribution < 1.29 is 27.5 Å². The van der Waals surface area contributed by atoms with Crippen LogP contribution in [0.4, 0.5) is 5.69 Å². The van der Waals surface area contributed by atoms with E-state index in [4.69, 9.17) is 9.47 Å². The molecule has 0 unspecified atom stereocenters. The van der Waals surface area contributed by atoms with Crippen LogP contribution in [0.1, 0.15) is 57.8 Å². The number of piperidine rings is 1. The van der Waals surface area contributed by atoms with Gasteiger partial charge in [-0.25, -0.2) is 8.42 Å². The Labute approximate surface area is 201 Å². The molecule has 1 aromatic rings. The molecule has 34 heavy (non-hydrogen) atoms. The number of rotatable bonds is 7. The summed E-state index contributed by atoms with van der Waals surface area (Å²) in [6.07, 6.45) is 9.02. The van der Waals surface area contributed by atoms with Crippen LogP contribution in [0.5, 0.6) is 5.75 Å². The maximum Gasteiger partial charge on any atom is 0.312 e. The van der Waals surface area contributed by atoms with Crippen LogP contribution in [-0.2, 0) is 24.3 Å². The third kappa shape index (κ3) is 4.44. The summed E-state index contributed by atoms with van der Waals surface area (Å²) in [4.78, 5) is 25.8. The Bertz CT molecular complexity index is 1030. The lowest BCUT2D eigenvalue weighted by atomic mass is 9.49. The Morgan fingerprint density at radius 2 is 1.65 bits per heavy atom. The second kappa shape index (κ2) is 9.15. The number of methoxy groups -OCH3 is 1. The largest absolute Gasteiger partial charge is 0.495 e. The summed E-state index contributed by atoms with van der Waals surface area (Å²) in [5.41, 5.74) is -0.175. The van der Waals surface area contributed by atoms with Crippen LogP contribution in [0.25, 0.3) is 0 Å². The lowest BCUT2D eigenvalue weighted by Gasteiger charge is -2.55. The number of benzene rings is 1. The highest BCUT2D eigenvalue weighted by atomic mass is 32.2. The molecule has 1 aliphatic heterocycles. The van der Waals surface area contributed by atoms with E-state index in [9.17, 15) is 18.0 Å². The van der Waals surface area contributed by atoms with Gasteiger partial charge in [0.15, 0.2) is 6.61 Å². The Balaban J connectivity index is 1.24. The Hall–Kier alpha value is -2.13. The number of carbonyl (C=O) groups is 2. The van der Waals surface area contributed by atoms with Gasteiger partial charge in [-0.15, -0.1) is 0 Å². The molecule has 5 aliphatic rings. The average Bonchev–Trinajstić information content (AvgIpc) is 2.82. The lowest BCUT2D eigenvalue weighted by Crippen LogP contribution is -2.50. The smallest absolute Gasteiger partial charge is 0.312 e. The Morgan fingerprint density at radius 3 is 2.24 bits per heavy atom. The van der Waals surface area contributed by atoms with Crippen LogP contribution in [0.2, 0.25) is 0 Å². The number of nitrogens with zero attached hydrogens (tertiary/aromatic N) is 1. The molecule has 6 rings (SSSR count). The summed E-state index contributed by atoms with van der Waals surface area (Å²) in [7, 11) is -2.20. The standard InChI is InChI=1S/C25H34N2O6S/c1-32-22-6-5-20(34(30,31)27-7-3-2-4-8-27)12-21(22)26-23(28)16-33-24(29)25-13-17-9-18(14-25)11-19(10-17)15-25/h5-6,12,17-19H,2-4,7-11,13-16H2,1H3,(H,26,28). The van der Waals surface area contributed by atoms with Crippen LogP contribution >= 0.6 is 0 Å². The van der Waals surface area contributed by atoms with Crippen molar-refractivity contribution in [1.82, 2.24) is 4.31 Å². The molecule has 0 spiro atoms. The summed E-state index contributed by atoms with van der Waals surface area (Å²) in [5, 5.41) is 2.68. The third-order valence-electron chi connectivity index (χ3n) is 8.20. The SMILES string of the molecule is COc1ccc(S(=O)(=O)N2CCCCC2)cc1NC(=O)COC(=O)C12CC3CC(CC(C3)C1)C2. The summed E-state index contributed by atoms with van der Waals surface area (Å²) in [5.74, 6) is 1.42. The van der Waals surface area contributed by atoms with Crippen LogP contribution < -0.4 is 10.1 Å². The van der Waals surface area contributed by atoms with E-state index in [1.807, 2.05) is 0 Å². The van der Waals surface area contributed by atoms with Crippen molar-refractivity contribution in [3.63, 3.8) is 0 Å². The van der Waals surface area contributed by atoms with Gasteiger partial charge in [0.05, 0.1) is 23.1 Å². The van der Waals surface area contributed by atoms with E-state index in [1.54, 1.807) is 0 Å². The minimum absolute atomic E-state index is 0.107. The topological polar surface area (TPSA) is 102 Å². The van der Waals surface area contributed by atoms with Gasteiger partial charge >= 0.3 is 5.97 Å². The van der Waals surface area contributed by atoms with Crippen LogP contribution in [0, 0.1) is 23.2 Å². The van der Waals surface area contributed by atoms with Gasteiger partial charge in [-0.2, -0.15) is 4.31 Å². The number of esters is 1. The predicted molar refractivity (Wildman–Crippen MR) is 126 cm³/mol. The van der Waals surface area contributed by atoms with Crippen LogP contribution in [0.15, 0.2) is 23.1 Å². The van der Waals surface area contributed by atoms with Crippen molar-refractivity contribution in [2.45, 2.75) is 62.7 Å². The minimum Gasteiger partial charge on any atom is -0.495 e. The number of hydrogen-bond acceptors (Lipinski definition) is 6. The van der Waals surface area contributed by atoms with Gasteiger partial charge in [-0.05, 0) is 87.3 Å². The Kier molecular flexibility index (Phi) is 6.35. The molecule has 0 aromatic heterocycles. The number of ether oxygens (including phenoxy) is 2. The molecule has 8 nitrogen and oxygen atoms in total. The molecule has 4 aliphatic carbocycles. The van der Waals surface area contributed by atoms with Crippen molar-refractivity contribution in [2.75, 3.05) is 32.1 Å².